The van der Waals surface area contributed by atoms with Crippen molar-refractivity contribution in [1.82, 2.24) is 10.6 Å². The molecule has 1 aromatic carbocycles. The highest BCUT2D eigenvalue weighted by Gasteiger charge is 2.31. The Labute approximate surface area is 143 Å². The minimum atomic E-state index is -2.89. The number of aliphatic imine (C=N–C) groups is 1. The zero-order valence-corrected chi connectivity index (χ0v) is 14.8. The van der Waals surface area contributed by atoms with Gasteiger partial charge in [-0.15, -0.1) is 0 Å². The number of ether oxygens (including phenoxy) is 1. The second-order valence-electron chi connectivity index (χ2n) is 6.45. The second kappa shape index (κ2) is 7.53. The molecule has 0 bridgehead atoms. The highest BCUT2D eigenvalue weighted by Crippen LogP contribution is 2.33. The minimum absolute atomic E-state index is 0.0500. The molecule has 2 aliphatic heterocycles. The molecule has 2 heterocycles. The molecule has 24 heavy (non-hydrogen) atoms. The highest BCUT2D eigenvalue weighted by molar-refractivity contribution is 7.91. The van der Waals surface area contributed by atoms with Gasteiger partial charge in [0.15, 0.2) is 15.8 Å². The van der Waals surface area contributed by atoms with Gasteiger partial charge in [-0.2, -0.15) is 0 Å². The van der Waals surface area contributed by atoms with Crippen LogP contribution in [-0.2, 0) is 14.6 Å². The molecule has 2 fully saturated rings. The third-order valence-corrected chi connectivity index (χ3v) is 6.44. The van der Waals surface area contributed by atoms with Crippen LogP contribution in [0.4, 0.5) is 0 Å². The summed E-state index contributed by atoms with van der Waals surface area (Å²) in [5.41, 5.74) is 1.20. The van der Waals surface area contributed by atoms with E-state index >= 15 is 0 Å². The van der Waals surface area contributed by atoms with Gasteiger partial charge in [0.2, 0.25) is 0 Å². The number of hydrogen-bond donors (Lipinski definition) is 2. The molecule has 0 aliphatic carbocycles. The molecule has 2 saturated heterocycles. The number of sulfone groups is 1. The number of guanidine groups is 1. The summed E-state index contributed by atoms with van der Waals surface area (Å²) in [5.74, 6) is 1.48. The number of hydrogen-bond acceptors (Lipinski definition) is 4. The Bertz CT molecular complexity index is 676. The lowest BCUT2D eigenvalue weighted by Crippen LogP contribution is -2.45. The molecule has 0 radical (unpaired) electrons. The number of nitrogens with zero attached hydrogens (tertiary/aromatic N) is 1. The van der Waals surface area contributed by atoms with Gasteiger partial charge in [0.05, 0.1) is 17.6 Å². The summed E-state index contributed by atoms with van der Waals surface area (Å²) in [7, 11) is -1.18. The van der Waals surface area contributed by atoms with Crippen molar-refractivity contribution >= 4 is 15.8 Å². The molecule has 2 aliphatic rings. The minimum Gasteiger partial charge on any atom is -0.373 e. The monoisotopic (exact) mass is 351 g/mol. The molecule has 132 valence electrons. The Morgan fingerprint density at radius 1 is 1.29 bits per heavy atom. The van der Waals surface area contributed by atoms with E-state index in [4.69, 9.17) is 4.74 Å². The summed E-state index contributed by atoms with van der Waals surface area (Å²) < 4.78 is 29.0. The van der Waals surface area contributed by atoms with E-state index in [1.165, 1.54) is 5.56 Å². The van der Waals surface area contributed by atoms with Crippen molar-refractivity contribution in [3.8, 4) is 0 Å². The van der Waals surface area contributed by atoms with E-state index in [0.29, 0.717) is 18.3 Å². The first-order chi connectivity index (χ1) is 11.6. The Kier molecular flexibility index (Phi) is 5.40. The molecule has 1 aromatic rings. The second-order valence-corrected chi connectivity index (χ2v) is 8.68. The molecule has 0 saturated carbocycles. The average molecular weight is 351 g/mol. The van der Waals surface area contributed by atoms with Gasteiger partial charge in [0.1, 0.15) is 0 Å². The van der Waals surface area contributed by atoms with E-state index < -0.39 is 9.84 Å². The Balaban J connectivity index is 1.54. The van der Waals surface area contributed by atoms with Crippen LogP contribution in [0.2, 0.25) is 0 Å². The third-order valence-electron chi connectivity index (χ3n) is 4.67. The average Bonchev–Trinajstić information content (AvgIpc) is 3.18. The molecule has 6 nitrogen and oxygen atoms in total. The topological polar surface area (TPSA) is 79.8 Å². The van der Waals surface area contributed by atoms with Crippen molar-refractivity contribution in [2.45, 2.75) is 25.0 Å². The lowest BCUT2D eigenvalue weighted by atomic mass is 9.95. The fraction of sp³-hybridized carbons (Fsp3) is 0.588. The number of rotatable bonds is 4. The fourth-order valence-corrected chi connectivity index (χ4v) is 5.05. The van der Waals surface area contributed by atoms with Crippen LogP contribution in [0.15, 0.2) is 35.3 Å². The number of benzene rings is 1. The van der Waals surface area contributed by atoms with Crippen LogP contribution < -0.4 is 10.6 Å². The highest BCUT2D eigenvalue weighted by atomic mass is 32.2. The molecule has 3 rings (SSSR count). The quantitative estimate of drug-likeness (QED) is 0.628. The molecule has 7 heteroatoms. The van der Waals surface area contributed by atoms with E-state index in [-0.39, 0.29) is 23.7 Å². The first-order valence-corrected chi connectivity index (χ1v) is 10.2. The Hall–Kier alpha value is -1.60. The van der Waals surface area contributed by atoms with Crippen molar-refractivity contribution in [3.63, 3.8) is 0 Å². The zero-order valence-electron chi connectivity index (χ0n) is 13.9. The Morgan fingerprint density at radius 3 is 2.75 bits per heavy atom. The van der Waals surface area contributed by atoms with Crippen LogP contribution in [0.5, 0.6) is 0 Å². The van der Waals surface area contributed by atoms with Crippen molar-refractivity contribution in [2.75, 3.05) is 31.7 Å². The third kappa shape index (κ3) is 4.27. The van der Waals surface area contributed by atoms with E-state index in [1.54, 1.807) is 7.05 Å². The smallest absolute Gasteiger partial charge is 0.191 e. The van der Waals surface area contributed by atoms with Gasteiger partial charge in [-0.1, -0.05) is 30.3 Å². The van der Waals surface area contributed by atoms with Gasteiger partial charge in [-0.05, 0) is 18.4 Å². The molecule has 0 amide bonds. The van der Waals surface area contributed by atoms with Crippen LogP contribution in [0, 0.1) is 5.92 Å². The Morgan fingerprint density at radius 2 is 2.08 bits per heavy atom. The van der Waals surface area contributed by atoms with Gasteiger partial charge >= 0.3 is 0 Å². The summed E-state index contributed by atoms with van der Waals surface area (Å²) in [5, 5.41) is 6.55. The maximum Gasteiger partial charge on any atom is 0.191 e. The van der Waals surface area contributed by atoms with Crippen LogP contribution in [0.3, 0.4) is 0 Å². The van der Waals surface area contributed by atoms with E-state index in [0.717, 1.165) is 19.6 Å². The predicted octanol–water partition coefficient (Wildman–Crippen LogP) is 1.12. The van der Waals surface area contributed by atoms with Crippen molar-refractivity contribution in [3.05, 3.63) is 35.9 Å². The molecular weight excluding hydrogens is 326 g/mol. The maximum absolute atomic E-state index is 11.6. The van der Waals surface area contributed by atoms with Gasteiger partial charge < -0.3 is 15.4 Å². The molecule has 3 unspecified atom stereocenters. The van der Waals surface area contributed by atoms with E-state index in [2.05, 4.69) is 27.8 Å². The molecule has 3 atom stereocenters. The van der Waals surface area contributed by atoms with Gasteiger partial charge in [0, 0.05) is 32.2 Å². The fourth-order valence-electron chi connectivity index (χ4n) is 3.38. The van der Waals surface area contributed by atoms with Crippen molar-refractivity contribution in [1.29, 1.82) is 0 Å². The number of nitrogens with one attached hydrogen (secondary N) is 2. The van der Waals surface area contributed by atoms with E-state index in [9.17, 15) is 8.42 Å². The van der Waals surface area contributed by atoms with Crippen molar-refractivity contribution < 1.29 is 13.2 Å². The molecule has 0 aromatic heterocycles. The normalized spacial score (nSPS) is 29.5. The van der Waals surface area contributed by atoms with Crippen LogP contribution >= 0.6 is 0 Å². The summed E-state index contributed by atoms with van der Waals surface area (Å²) >= 11 is 0. The molecule has 0 spiro atoms. The van der Waals surface area contributed by atoms with Crippen LogP contribution in [0.25, 0.3) is 0 Å². The van der Waals surface area contributed by atoms with Gasteiger partial charge in [-0.3, -0.25) is 4.99 Å². The van der Waals surface area contributed by atoms with Crippen LogP contribution in [-0.4, -0.2) is 52.1 Å². The summed E-state index contributed by atoms with van der Waals surface area (Å²) in [4.78, 5) is 4.22. The van der Waals surface area contributed by atoms with Gasteiger partial charge in [-0.25, -0.2) is 8.42 Å². The largest absolute Gasteiger partial charge is 0.373 e. The van der Waals surface area contributed by atoms with Crippen LogP contribution in [0.1, 0.15) is 24.5 Å². The van der Waals surface area contributed by atoms with Crippen molar-refractivity contribution in [2.24, 2.45) is 10.9 Å². The summed E-state index contributed by atoms with van der Waals surface area (Å²) in [6.07, 6.45) is 1.74. The summed E-state index contributed by atoms with van der Waals surface area (Å²) in [6, 6.07) is 10.2. The van der Waals surface area contributed by atoms with E-state index in [1.807, 2.05) is 18.2 Å². The SMILES string of the molecule is CN=C(NCC1CCOC1c1ccccc1)NC1CCS(=O)(=O)C1. The lowest BCUT2D eigenvalue weighted by Gasteiger charge is -2.22. The first-order valence-electron chi connectivity index (χ1n) is 8.41. The maximum atomic E-state index is 11.6. The summed E-state index contributed by atoms with van der Waals surface area (Å²) in [6.45, 7) is 1.51. The zero-order chi connectivity index (χ0) is 17.0. The first kappa shape index (κ1) is 17.2. The lowest BCUT2D eigenvalue weighted by molar-refractivity contribution is 0.0915. The molecular formula is C17H25N3O3S. The van der Waals surface area contributed by atoms with Gasteiger partial charge in [0.25, 0.3) is 0 Å². The molecule has 2 N–H and O–H groups in total. The standard InChI is InChI=1S/C17H25N3O3S/c1-18-17(20-15-8-10-24(21,22)12-15)19-11-14-7-9-23-16(14)13-5-3-2-4-6-13/h2-6,14-16H,7-12H2,1H3,(H2,18,19,20). The predicted molar refractivity (Wildman–Crippen MR) is 94.8 cm³/mol.